The third-order valence-corrected chi connectivity index (χ3v) is 2.91. The summed E-state index contributed by atoms with van der Waals surface area (Å²) in [5.41, 5.74) is 0.611. The number of nitrogens with zero attached hydrogens (tertiary/aromatic N) is 1. The van der Waals surface area contributed by atoms with E-state index in [-0.39, 0.29) is 18.6 Å². The number of hydrogen-bond acceptors (Lipinski definition) is 4. The lowest BCUT2D eigenvalue weighted by molar-refractivity contribution is -0.161. The van der Waals surface area contributed by atoms with Gasteiger partial charge in [-0.3, -0.25) is 9.69 Å². The van der Waals surface area contributed by atoms with Gasteiger partial charge < -0.3 is 9.84 Å². The molecule has 1 N–H and O–H groups in total. The second-order valence-corrected chi connectivity index (χ2v) is 5.89. The molecule has 0 spiro atoms. The molecule has 4 heteroatoms. The molecule has 0 aromatic heterocycles. The summed E-state index contributed by atoms with van der Waals surface area (Å²) < 4.78 is 5.40. The Morgan fingerprint density at radius 1 is 1.30 bits per heavy atom. The van der Waals surface area contributed by atoms with Crippen LogP contribution in [0.2, 0.25) is 0 Å². The molecule has 0 heterocycles. The van der Waals surface area contributed by atoms with Crippen LogP contribution in [0, 0.1) is 0 Å². The van der Waals surface area contributed by atoms with Crippen LogP contribution in [0.25, 0.3) is 0 Å². The van der Waals surface area contributed by atoms with Crippen LogP contribution in [0.5, 0.6) is 0 Å². The lowest BCUT2D eigenvalue weighted by Crippen LogP contribution is -2.43. The van der Waals surface area contributed by atoms with Crippen LogP contribution in [0.1, 0.15) is 33.3 Å². The van der Waals surface area contributed by atoms with Crippen molar-refractivity contribution < 1.29 is 14.6 Å². The van der Waals surface area contributed by atoms with E-state index in [1.54, 1.807) is 0 Å². The molecule has 0 aliphatic heterocycles. The van der Waals surface area contributed by atoms with Gasteiger partial charge in [0.1, 0.15) is 11.6 Å². The zero-order valence-electron chi connectivity index (χ0n) is 12.8. The second kappa shape index (κ2) is 7.41. The van der Waals surface area contributed by atoms with E-state index in [4.69, 9.17) is 4.74 Å². The third kappa shape index (κ3) is 5.72. The van der Waals surface area contributed by atoms with Gasteiger partial charge in [0.15, 0.2) is 0 Å². The average molecular weight is 279 g/mol. The van der Waals surface area contributed by atoms with Gasteiger partial charge in [-0.05, 0) is 33.3 Å². The van der Waals surface area contributed by atoms with Crippen LogP contribution < -0.4 is 0 Å². The van der Waals surface area contributed by atoms with Crippen LogP contribution in [0.3, 0.4) is 0 Å². The van der Waals surface area contributed by atoms with Gasteiger partial charge in [0.25, 0.3) is 0 Å². The van der Waals surface area contributed by atoms with Crippen molar-refractivity contribution in [2.24, 2.45) is 0 Å². The van der Waals surface area contributed by atoms with Crippen molar-refractivity contribution in [2.75, 3.05) is 13.2 Å². The van der Waals surface area contributed by atoms with Gasteiger partial charge in [-0.2, -0.15) is 0 Å². The van der Waals surface area contributed by atoms with Crippen LogP contribution in [-0.2, 0) is 16.1 Å². The molecular formula is C16H25NO3. The van der Waals surface area contributed by atoms with Gasteiger partial charge in [0, 0.05) is 13.1 Å². The number of carbonyl (C=O) groups excluding carboxylic acids is 1. The van der Waals surface area contributed by atoms with Crippen LogP contribution in [0.15, 0.2) is 30.3 Å². The molecule has 0 saturated carbocycles. The molecule has 112 valence electrons. The largest absolute Gasteiger partial charge is 0.459 e. The maximum atomic E-state index is 12.1. The number of rotatable bonds is 6. The minimum atomic E-state index is -0.497. The Kier molecular flexibility index (Phi) is 6.17. The third-order valence-electron chi connectivity index (χ3n) is 2.91. The molecule has 0 fully saturated rings. The minimum Gasteiger partial charge on any atom is -0.459 e. The van der Waals surface area contributed by atoms with Crippen molar-refractivity contribution in [1.29, 1.82) is 0 Å². The number of hydrogen-bond donors (Lipinski definition) is 1. The van der Waals surface area contributed by atoms with E-state index in [2.05, 4.69) is 0 Å². The van der Waals surface area contributed by atoms with Crippen molar-refractivity contribution in [1.82, 2.24) is 4.90 Å². The number of esters is 1. The van der Waals surface area contributed by atoms with E-state index in [9.17, 15) is 9.90 Å². The molecule has 0 radical (unpaired) electrons. The summed E-state index contributed by atoms with van der Waals surface area (Å²) in [6.45, 7) is 8.44. The highest BCUT2D eigenvalue weighted by Crippen LogP contribution is 2.13. The molecule has 0 amide bonds. The Hall–Kier alpha value is -1.39. The molecule has 4 nitrogen and oxygen atoms in total. The van der Waals surface area contributed by atoms with Gasteiger partial charge in [-0.15, -0.1) is 0 Å². The molecule has 1 rings (SSSR count). The van der Waals surface area contributed by atoms with E-state index in [1.165, 1.54) is 0 Å². The van der Waals surface area contributed by atoms with E-state index < -0.39 is 5.60 Å². The quantitative estimate of drug-likeness (QED) is 0.811. The maximum Gasteiger partial charge on any atom is 0.323 e. The second-order valence-electron chi connectivity index (χ2n) is 5.89. The van der Waals surface area contributed by atoms with E-state index in [0.717, 1.165) is 5.56 Å². The summed E-state index contributed by atoms with van der Waals surface area (Å²) in [6, 6.07) is 9.51. The Bertz CT molecular complexity index is 411. The lowest BCUT2D eigenvalue weighted by atomic mass is 10.1. The molecule has 0 saturated heterocycles. The smallest absolute Gasteiger partial charge is 0.323 e. The number of aliphatic hydroxyl groups excluding tert-OH is 1. The molecule has 1 aromatic rings. The van der Waals surface area contributed by atoms with Crippen LogP contribution in [0.4, 0.5) is 0 Å². The number of carbonyl (C=O) groups is 1. The van der Waals surface area contributed by atoms with Gasteiger partial charge in [-0.25, -0.2) is 0 Å². The summed E-state index contributed by atoms with van der Waals surface area (Å²) in [5, 5.41) is 9.18. The summed E-state index contributed by atoms with van der Waals surface area (Å²) in [5.74, 6) is -0.262. The predicted octanol–water partition coefficient (Wildman–Crippen LogP) is 2.21. The van der Waals surface area contributed by atoms with Crippen molar-refractivity contribution in [3.8, 4) is 0 Å². The van der Waals surface area contributed by atoms with E-state index >= 15 is 0 Å². The fourth-order valence-electron chi connectivity index (χ4n) is 1.89. The van der Waals surface area contributed by atoms with Crippen molar-refractivity contribution >= 4 is 5.97 Å². The van der Waals surface area contributed by atoms with Crippen molar-refractivity contribution in [3.63, 3.8) is 0 Å². The number of benzene rings is 1. The normalized spacial score (nSPS) is 13.3. The van der Waals surface area contributed by atoms with Crippen molar-refractivity contribution in [3.05, 3.63) is 35.9 Å². The summed E-state index contributed by atoms with van der Waals surface area (Å²) >= 11 is 0. The Labute approximate surface area is 121 Å². The monoisotopic (exact) mass is 279 g/mol. The first-order chi connectivity index (χ1) is 9.33. The highest BCUT2D eigenvalue weighted by atomic mass is 16.6. The van der Waals surface area contributed by atoms with Gasteiger partial charge in [0.05, 0.1) is 6.61 Å². The van der Waals surface area contributed by atoms with Crippen molar-refractivity contribution in [2.45, 2.75) is 45.9 Å². The van der Waals surface area contributed by atoms with Gasteiger partial charge in [-0.1, -0.05) is 30.3 Å². The SMILES string of the molecule is CC(C(=O)OC(C)(C)C)N(CCO)Cc1ccccc1. The molecule has 0 aliphatic carbocycles. The average Bonchev–Trinajstić information content (AvgIpc) is 2.36. The highest BCUT2D eigenvalue weighted by molar-refractivity contribution is 5.75. The number of ether oxygens (including phenoxy) is 1. The molecule has 1 aromatic carbocycles. The van der Waals surface area contributed by atoms with Gasteiger partial charge >= 0.3 is 5.97 Å². The molecule has 20 heavy (non-hydrogen) atoms. The first kappa shape index (κ1) is 16.7. The van der Waals surface area contributed by atoms with E-state index in [0.29, 0.717) is 13.1 Å². The fourth-order valence-corrected chi connectivity index (χ4v) is 1.89. The Balaban J connectivity index is 2.72. The minimum absolute atomic E-state index is 0.0139. The van der Waals surface area contributed by atoms with Crippen LogP contribution in [-0.4, -0.2) is 40.8 Å². The summed E-state index contributed by atoms with van der Waals surface area (Å²) in [7, 11) is 0. The predicted molar refractivity (Wildman–Crippen MR) is 79.2 cm³/mol. The first-order valence-corrected chi connectivity index (χ1v) is 6.95. The zero-order valence-corrected chi connectivity index (χ0v) is 12.8. The fraction of sp³-hybridized carbons (Fsp3) is 0.562. The molecule has 1 unspecified atom stereocenters. The lowest BCUT2D eigenvalue weighted by Gasteiger charge is -2.30. The zero-order chi connectivity index (χ0) is 15.2. The topological polar surface area (TPSA) is 49.8 Å². The van der Waals surface area contributed by atoms with E-state index in [1.807, 2.05) is 62.9 Å². The molecule has 1 atom stereocenters. The van der Waals surface area contributed by atoms with Crippen LogP contribution >= 0.6 is 0 Å². The van der Waals surface area contributed by atoms with Gasteiger partial charge in [0.2, 0.25) is 0 Å². The highest BCUT2D eigenvalue weighted by Gasteiger charge is 2.26. The molecular weight excluding hydrogens is 254 g/mol. The Morgan fingerprint density at radius 2 is 1.90 bits per heavy atom. The number of aliphatic hydroxyl groups is 1. The summed E-state index contributed by atoms with van der Waals surface area (Å²) in [4.78, 5) is 14.0. The Morgan fingerprint density at radius 3 is 2.40 bits per heavy atom. The maximum absolute atomic E-state index is 12.1. The standard InChI is InChI=1S/C16H25NO3/c1-13(15(19)20-16(2,3)4)17(10-11-18)12-14-8-6-5-7-9-14/h5-9,13,18H,10-12H2,1-4H3. The first-order valence-electron chi connectivity index (χ1n) is 6.95. The summed E-state index contributed by atoms with van der Waals surface area (Å²) in [6.07, 6.45) is 0. The molecule has 0 aliphatic rings. The molecule has 0 bridgehead atoms.